The first-order chi connectivity index (χ1) is 12.5. The van der Waals surface area contributed by atoms with Crippen molar-refractivity contribution in [1.29, 1.82) is 0 Å². The van der Waals surface area contributed by atoms with Crippen LogP contribution in [-0.4, -0.2) is 50.2 Å². The average molecular weight is 359 g/mol. The topological polar surface area (TPSA) is 80.1 Å². The van der Waals surface area contributed by atoms with Crippen LogP contribution in [0.5, 0.6) is 0 Å². The van der Waals surface area contributed by atoms with E-state index in [1.807, 2.05) is 6.92 Å². The maximum absolute atomic E-state index is 15.0. The van der Waals surface area contributed by atoms with Crippen LogP contribution in [0, 0.1) is 0 Å². The monoisotopic (exact) mass is 359 g/mol. The van der Waals surface area contributed by atoms with Crippen molar-refractivity contribution in [3.8, 4) is 0 Å². The largest absolute Gasteiger partial charge is 0.349 e. The maximum Gasteiger partial charge on any atom is 0.272 e. The van der Waals surface area contributed by atoms with E-state index in [0.29, 0.717) is 12.2 Å². The lowest BCUT2D eigenvalue weighted by Gasteiger charge is -2.35. The van der Waals surface area contributed by atoms with Gasteiger partial charge in [0.2, 0.25) is 0 Å². The van der Waals surface area contributed by atoms with Gasteiger partial charge in [0, 0.05) is 57.6 Å². The predicted octanol–water partition coefficient (Wildman–Crippen LogP) is 1.56. The fourth-order valence-electron chi connectivity index (χ4n) is 3.06. The second kappa shape index (κ2) is 7.63. The molecular formula is C18H22FN5O2. The van der Waals surface area contributed by atoms with Gasteiger partial charge < -0.3 is 10.2 Å². The number of nitrogens with zero attached hydrogens (tertiary/aromatic N) is 4. The first kappa shape index (κ1) is 18.0. The Labute approximate surface area is 151 Å². The minimum Gasteiger partial charge on any atom is -0.349 e. The summed E-state index contributed by atoms with van der Waals surface area (Å²) in [5, 5.41) is 6.73. The number of carbonyl (C=O) groups is 2. The summed E-state index contributed by atoms with van der Waals surface area (Å²) in [6.45, 7) is 3.15. The van der Waals surface area contributed by atoms with Crippen molar-refractivity contribution in [3.63, 3.8) is 0 Å². The first-order valence-electron chi connectivity index (χ1n) is 8.71. The van der Waals surface area contributed by atoms with Crippen LogP contribution in [0.15, 0.2) is 36.8 Å². The lowest BCUT2D eigenvalue weighted by Crippen LogP contribution is -2.52. The predicted molar refractivity (Wildman–Crippen MR) is 93.0 cm³/mol. The van der Waals surface area contributed by atoms with Gasteiger partial charge in [-0.1, -0.05) is 0 Å². The normalized spacial score (nSPS) is 16.3. The van der Waals surface area contributed by atoms with Crippen LogP contribution >= 0.6 is 0 Å². The molecule has 1 aliphatic rings. The number of piperidine rings is 1. The number of aromatic nitrogens is 3. The molecule has 2 amide bonds. The minimum atomic E-state index is -1.95. The molecule has 26 heavy (non-hydrogen) atoms. The molecule has 7 nitrogen and oxygen atoms in total. The van der Waals surface area contributed by atoms with Crippen molar-refractivity contribution in [2.45, 2.75) is 38.5 Å². The number of likely N-dealkylation sites (tertiary alicyclic amines) is 1. The molecule has 1 aliphatic heterocycles. The number of hydrogen-bond donors (Lipinski definition) is 1. The van der Waals surface area contributed by atoms with Crippen molar-refractivity contribution < 1.29 is 14.0 Å². The first-order valence-corrected chi connectivity index (χ1v) is 8.71. The van der Waals surface area contributed by atoms with Crippen LogP contribution in [-0.2, 0) is 17.9 Å². The Morgan fingerprint density at radius 2 is 1.88 bits per heavy atom. The molecule has 0 saturated carbocycles. The lowest BCUT2D eigenvalue weighted by molar-refractivity contribution is -0.135. The fraction of sp³-hybridized carbons (Fsp3) is 0.444. The molecule has 0 unspecified atom stereocenters. The Kier molecular flexibility index (Phi) is 5.29. The van der Waals surface area contributed by atoms with E-state index in [1.54, 1.807) is 46.4 Å². The summed E-state index contributed by atoms with van der Waals surface area (Å²) in [6.07, 6.45) is 4.80. The summed E-state index contributed by atoms with van der Waals surface area (Å²) in [6, 6.07) is 5.19. The number of carbonyl (C=O) groups excluding carboxylic acids is 2. The summed E-state index contributed by atoms with van der Waals surface area (Å²) in [7, 11) is 0. The van der Waals surface area contributed by atoms with Gasteiger partial charge in [0.05, 0.1) is 0 Å². The molecule has 0 radical (unpaired) electrons. The molecule has 0 aliphatic carbocycles. The maximum atomic E-state index is 15.0. The highest BCUT2D eigenvalue weighted by Gasteiger charge is 2.42. The Morgan fingerprint density at radius 1 is 1.19 bits per heavy atom. The number of amides is 2. The van der Waals surface area contributed by atoms with Gasteiger partial charge in [0.15, 0.2) is 5.67 Å². The van der Waals surface area contributed by atoms with E-state index in [0.717, 1.165) is 5.56 Å². The van der Waals surface area contributed by atoms with Gasteiger partial charge >= 0.3 is 0 Å². The van der Waals surface area contributed by atoms with E-state index in [9.17, 15) is 9.59 Å². The Hall–Kier alpha value is -2.77. The van der Waals surface area contributed by atoms with Crippen LogP contribution in [0.25, 0.3) is 0 Å². The second-order valence-corrected chi connectivity index (χ2v) is 6.33. The molecular weight excluding hydrogens is 337 g/mol. The molecule has 138 valence electrons. The molecule has 1 N–H and O–H groups in total. The van der Waals surface area contributed by atoms with E-state index in [1.165, 1.54) is 0 Å². The molecule has 0 atom stereocenters. The molecule has 0 bridgehead atoms. The number of pyridine rings is 1. The van der Waals surface area contributed by atoms with Gasteiger partial charge in [-0.15, -0.1) is 0 Å². The smallest absolute Gasteiger partial charge is 0.272 e. The van der Waals surface area contributed by atoms with Gasteiger partial charge in [-0.3, -0.25) is 19.3 Å². The molecule has 1 fully saturated rings. The van der Waals surface area contributed by atoms with Gasteiger partial charge in [-0.05, 0) is 30.7 Å². The standard InChI is InChI=1S/C18H22FN5O2/c1-2-24-15(5-10-22-24)16(25)23-11-6-18(19,7-12-23)17(26)21-13-14-3-8-20-9-4-14/h3-5,8-10H,2,6-7,11-13H2,1H3,(H,21,26). The highest BCUT2D eigenvalue weighted by Crippen LogP contribution is 2.28. The third-order valence-corrected chi connectivity index (χ3v) is 4.69. The SMILES string of the molecule is CCn1nccc1C(=O)N1CCC(F)(C(=O)NCc2ccncc2)CC1. The summed E-state index contributed by atoms with van der Waals surface area (Å²) in [4.78, 5) is 30.3. The summed E-state index contributed by atoms with van der Waals surface area (Å²) < 4.78 is 16.6. The number of nitrogens with one attached hydrogen (secondary N) is 1. The zero-order valence-corrected chi connectivity index (χ0v) is 14.7. The third kappa shape index (κ3) is 3.74. The Bertz CT molecular complexity index is 769. The van der Waals surface area contributed by atoms with E-state index < -0.39 is 11.6 Å². The van der Waals surface area contributed by atoms with Crippen LogP contribution < -0.4 is 5.32 Å². The van der Waals surface area contributed by atoms with Crippen molar-refractivity contribution >= 4 is 11.8 Å². The molecule has 3 heterocycles. The third-order valence-electron chi connectivity index (χ3n) is 4.69. The van der Waals surface area contributed by atoms with Crippen LogP contribution in [0.4, 0.5) is 4.39 Å². The van der Waals surface area contributed by atoms with Gasteiger partial charge in [0.1, 0.15) is 5.69 Å². The van der Waals surface area contributed by atoms with Gasteiger partial charge in [-0.25, -0.2) is 4.39 Å². The summed E-state index contributed by atoms with van der Waals surface area (Å²) in [5.41, 5.74) is -0.604. The Balaban J connectivity index is 1.56. The molecule has 0 spiro atoms. The average Bonchev–Trinajstić information content (AvgIpc) is 3.15. The summed E-state index contributed by atoms with van der Waals surface area (Å²) >= 11 is 0. The lowest BCUT2D eigenvalue weighted by atomic mass is 9.92. The van der Waals surface area contributed by atoms with Crippen LogP contribution in [0.3, 0.4) is 0 Å². The molecule has 1 saturated heterocycles. The Morgan fingerprint density at radius 3 is 2.54 bits per heavy atom. The van der Waals surface area contributed by atoms with E-state index in [-0.39, 0.29) is 38.4 Å². The highest BCUT2D eigenvalue weighted by atomic mass is 19.1. The quantitative estimate of drug-likeness (QED) is 0.879. The van der Waals surface area contributed by atoms with Crippen LogP contribution in [0.1, 0.15) is 35.8 Å². The fourth-order valence-corrected chi connectivity index (χ4v) is 3.06. The number of rotatable bonds is 5. The number of halogens is 1. The van der Waals surface area contributed by atoms with Crippen molar-refractivity contribution in [3.05, 3.63) is 48.0 Å². The number of alkyl halides is 1. The van der Waals surface area contributed by atoms with Crippen LogP contribution in [0.2, 0.25) is 0 Å². The molecule has 2 aromatic rings. The zero-order chi connectivity index (χ0) is 18.6. The zero-order valence-electron chi connectivity index (χ0n) is 14.7. The molecule has 8 heteroatoms. The molecule has 2 aromatic heterocycles. The number of hydrogen-bond acceptors (Lipinski definition) is 4. The van der Waals surface area contributed by atoms with E-state index in [2.05, 4.69) is 15.4 Å². The summed E-state index contributed by atoms with van der Waals surface area (Å²) in [5.74, 6) is -0.802. The van der Waals surface area contributed by atoms with Crippen molar-refractivity contribution in [2.75, 3.05) is 13.1 Å². The molecule has 3 rings (SSSR count). The van der Waals surface area contributed by atoms with Crippen molar-refractivity contribution in [1.82, 2.24) is 25.0 Å². The number of aryl methyl sites for hydroxylation is 1. The van der Waals surface area contributed by atoms with Gasteiger partial charge in [0.25, 0.3) is 11.8 Å². The van der Waals surface area contributed by atoms with Gasteiger partial charge in [-0.2, -0.15) is 5.10 Å². The molecule has 0 aromatic carbocycles. The second-order valence-electron chi connectivity index (χ2n) is 6.33. The van der Waals surface area contributed by atoms with Crippen molar-refractivity contribution in [2.24, 2.45) is 0 Å². The van der Waals surface area contributed by atoms with E-state index in [4.69, 9.17) is 0 Å². The highest BCUT2D eigenvalue weighted by molar-refractivity contribution is 5.93. The minimum absolute atomic E-state index is 0.0127. The van der Waals surface area contributed by atoms with E-state index >= 15 is 4.39 Å².